The van der Waals surface area contributed by atoms with E-state index in [1.165, 1.54) is 12.1 Å². The van der Waals surface area contributed by atoms with Crippen LogP contribution in [0.4, 0.5) is 10.2 Å². The van der Waals surface area contributed by atoms with E-state index in [0.29, 0.717) is 17.1 Å². The van der Waals surface area contributed by atoms with Crippen molar-refractivity contribution < 1.29 is 13.9 Å². The van der Waals surface area contributed by atoms with E-state index in [-0.39, 0.29) is 17.8 Å². The molecule has 1 saturated heterocycles. The second-order valence-corrected chi connectivity index (χ2v) is 6.68. The summed E-state index contributed by atoms with van der Waals surface area (Å²) < 4.78 is 18.7. The lowest BCUT2D eigenvalue weighted by atomic mass is 10.1. The zero-order chi connectivity index (χ0) is 19.3. The van der Waals surface area contributed by atoms with Crippen molar-refractivity contribution in [3.05, 3.63) is 84.3 Å². The van der Waals surface area contributed by atoms with Crippen molar-refractivity contribution in [3.8, 4) is 11.5 Å². The zero-order valence-electron chi connectivity index (χ0n) is 15.2. The maximum atomic E-state index is 13.0. The largest absolute Gasteiger partial charge is 0.457 e. The smallest absolute Gasteiger partial charge is 0.251 e. The molecule has 1 amide bonds. The molecule has 0 bridgehead atoms. The molecule has 142 valence electrons. The van der Waals surface area contributed by atoms with Gasteiger partial charge in [0.05, 0.1) is 0 Å². The van der Waals surface area contributed by atoms with Gasteiger partial charge in [-0.1, -0.05) is 12.1 Å². The minimum atomic E-state index is -0.322. The summed E-state index contributed by atoms with van der Waals surface area (Å²) in [7, 11) is 0. The third kappa shape index (κ3) is 4.28. The standard InChI is InChI=1S/C22H20FN3O2/c23-17-7-9-19(10-8-17)28-20-5-3-4-16(14-20)22(27)25-18-11-13-26(15-18)21-6-1-2-12-24-21/h1-10,12,14,18H,11,13,15H2,(H,25,27). The summed E-state index contributed by atoms with van der Waals surface area (Å²) in [5.41, 5.74) is 0.524. The summed E-state index contributed by atoms with van der Waals surface area (Å²) in [5, 5.41) is 3.08. The number of benzene rings is 2. The third-order valence-electron chi connectivity index (χ3n) is 4.64. The van der Waals surface area contributed by atoms with Crippen molar-refractivity contribution >= 4 is 11.7 Å². The van der Waals surface area contributed by atoms with Gasteiger partial charge in [-0.05, 0) is 61.0 Å². The molecule has 4 rings (SSSR count). The number of hydrogen-bond donors (Lipinski definition) is 1. The van der Waals surface area contributed by atoms with Gasteiger partial charge in [0.2, 0.25) is 0 Å². The van der Waals surface area contributed by atoms with E-state index in [1.54, 1.807) is 42.6 Å². The van der Waals surface area contributed by atoms with Crippen molar-refractivity contribution in [2.45, 2.75) is 12.5 Å². The second kappa shape index (κ2) is 8.08. The minimum Gasteiger partial charge on any atom is -0.457 e. The van der Waals surface area contributed by atoms with E-state index in [1.807, 2.05) is 18.2 Å². The predicted octanol–water partition coefficient (Wildman–Crippen LogP) is 4.02. The molecule has 0 saturated carbocycles. The lowest BCUT2D eigenvalue weighted by Gasteiger charge is -2.17. The molecule has 0 spiro atoms. The average Bonchev–Trinajstić information content (AvgIpc) is 3.19. The lowest BCUT2D eigenvalue weighted by molar-refractivity contribution is 0.0940. The van der Waals surface area contributed by atoms with Gasteiger partial charge in [-0.3, -0.25) is 4.79 Å². The fourth-order valence-electron chi connectivity index (χ4n) is 3.24. The van der Waals surface area contributed by atoms with Crippen LogP contribution in [0, 0.1) is 5.82 Å². The number of nitrogens with zero attached hydrogens (tertiary/aromatic N) is 2. The van der Waals surface area contributed by atoms with Gasteiger partial charge < -0.3 is 15.0 Å². The van der Waals surface area contributed by atoms with E-state index in [4.69, 9.17) is 4.74 Å². The highest BCUT2D eigenvalue weighted by Gasteiger charge is 2.25. The number of anilines is 1. The molecule has 0 aliphatic carbocycles. The Balaban J connectivity index is 1.38. The van der Waals surface area contributed by atoms with Gasteiger partial charge in [0.25, 0.3) is 5.91 Å². The number of amides is 1. The number of halogens is 1. The summed E-state index contributed by atoms with van der Waals surface area (Å²) in [6.07, 6.45) is 2.64. The highest BCUT2D eigenvalue weighted by atomic mass is 19.1. The van der Waals surface area contributed by atoms with E-state index in [9.17, 15) is 9.18 Å². The molecule has 1 aliphatic rings. The van der Waals surface area contributed by atoms with Crippen LogP contribution >= 0.6 is 0 Å². The Bertz CT molecular complexity index is 948. The number of carbonyl (C=O) groups excluding carboxylic acids is 1. The summed E-state index contributed by atoms with van der Waals surface area (Å²) in [6.45, 7) is 1.59. The molecule has 2 aromatic carbocycles. The van der Waals surface area contributed by atoms with E-state index in [2.05, 4.69) is 15.2 Å². The predicted molar refractivity (Wildman–Crippen MR) is 105 cm³/mol. The molecule has 1 fully saturated rings. The van der Waals surface area contributed by atoms with Crippen molar-refractivity contribution in [2.24, 2.45) is 0 Å². The SMILES string of the molecule is O=C(NC1CCN(c2ccccn2)C1)c1cccc(Oc2ccc(F)cc2)c1. The first-order valence-corrected chi connectivity index (χ1v) is 9.18. The van der Waals surface area contributed by atoms with Crippen molar-refractivity contribution in [1.29, 1.82) is 0 Å². The summed E-state index contributed by atoms with van der Waals surface area (Å²) in [5.74, 6) is 1.50. The molecule has 6 heteroatoms. The fourth-order valence-corrected chi connectivity index (χ4v) is 3.24. The van der Waals surface area contributed by atoms with E-state index in [0.717, 1.165) is 25.3 Å². The Morgan fingerprint density at radius 1 is 1.07 bits per heavy atom. The maximum Gasteiger partial charge on any atom is 0.251 e. The first-order chi connectivity index (χ1) is 13.7. The number of aromatic nitrogens is 1. The van der Waals surface area contributed by atoms with Crippen LogP contribution < -0.4 is 15.0 Å². The van der Waals surface area contributed by atoms with Crippen molar-refractivity contribution in [2.75, 3.05) is 18.0 Å². The Kier molecular flexibility index (Phi) is 5.19. The molecular formula is C22H20FN3O2. The Morgan fingerprint density at radius 3 is 2.71 bits per heavy atom. The quantitative estimate of drug-likeness (QED) is 0.730. The average molecular weight is 377 g/mol. The van der Waals surface area contributed by atoms with Crippen LogP contribution in [0.15, 0.2) is 72.9 Å². The normalized spacial score (nSPS) is 16.0. The highest BCUT2D eigenvalue weighted by molar-refractivity contribution is 5.94. The Labute approximate surface area is 162 Å². The monoisotopic (exact) mass is 377 g/mol. The van der Waals surface area contributed by atoms with Crippen molar-refractivity contribution in [3.63, 3.8) is 0 Å². The molecule has 1 unspecified atom stereocenters. The summed E-state index contributed by atoms with van der Waals surface area (Å²) >= 11 is 0. The number of carbonyl (C=O) groups is 1. The van der Waals surface area contributed by atoms with Gasteiger partial charge in [-0.2, -0.15) is 0 Å². The van der Waals surface area contributed by atoms with Gasteiger partial charge in [-0.15, -0.1) is 0 Å². The highest BCUT2D eigenvalue weighted by Crippen LogP contribution is 2.23. The molecule has 1 atom stereocenters. The number of ether oxygens (including phenoxy) is 1. The molecule has 0 radical (unpaired) electrons. The van der Waals surface area contributed by atoms with Crippen LogP contribution in [0.25, 0.3) is 0 Å². The topological polar surface area (TPSA) is 54.5 Å². The number of nitrogens with one attached hydrogen (secondary N) is 1. The van der Waals surface area contributed by atoms with Gasteiger partial charge in [0, 0.05) is 30.9 Å². The molecule has 1 aliphatic heterocycles. The van der Waals surface area contributed by atoms with Gasteiger partial charge in [0.1, 0.15) is 23.1 Å². The molecular weight excluding hydrogens is 357 g/mol. The number of pyridine rings is 1. The van der Waals surface area contributed by atoms with E-state index >= 15 is 0 Å². The van der Waals surface area contributed by atoms with Crippen LogP contribution in [-0.2, 0) is 0 Å². The zero-order valence-corrected chi connectivity index (χ0v) is 15.2. The Morgan fingerprint density at radius 2 is 1.93 bits per heavy atom. The summed E-state index contributed by atoms with van der Waals surface area (Å²) in [4.78, 5) is 19.2. The van der Waals surface area contributed by atoms with Gasteiger partial charge in [0.15, 0.2) is 0 Å². The van der Waals surface area contributed by atoms with Crippen LogP contribution in [0.2, 0.25) is 0 Å². The maximum absolute atomic E-state index is 13.0. The summed E-state index contributed by atoms with van der Waals surface area (Å²) in [6, 6.07) is 18.6. The molecule has 2 heterocycles. The van der Waals surface area contributed by atoms with E-state index < -0.39 is 0 Å². The molecule has 1 aromatic heterocycles. The molecule has 28 heavy (non-hydrogen) atoms. The lowest BCUT2D eigenvalue weighted by Crippen LogP contribution is -2.37. The molecule has 5 nitrogen and oxygen atoms in total. The van der Waals surface area contributed by atoms with Gasteiger partial charge >= 0.3 is 0 Å². The molecule has 1 N–H and O–H groups in total. The van der Waals surface area contributed by atoms with Gasteiger partial charge in [-0.25, -0.2) is 9.37 Å². The number of hydrogen-bond acceptors (Lipinski definition) is 4. The minimum absolute atomic E-state index is 0.0659. The molecule has 3 aromatic rings. The van der Waals surface area contributed by atoms with Crippen LogP contribution in [0.1, 0.15) is 16.8 Å². The number of rotatable bonds is 5. The van der Waals surface area contributed by atoms with Crippen molar-refractivity contribution in [1.82, 2.24) is 10.3 Å². The third-order valence-corrected chi connectivity index (χ3v) is 4.64. The Hall–Kier alpha value is -3.41. The van der Waals surface area contributed by atoms with Crippen LogP contribution in [0.3, 0.4) is 0 Å². The van der Waals surface area contributed by atoms with Crippen LogP contribution in [-0.4, -0.2) is 30.0 Å². The first kappa shape index (κ1) is 18.0. The van der Waals surface area contributed by atoms with Crippen LogP contribution in [0.5, 0.6) is 11.5 Å². The second-order valence-electron chi connectivity index (χ2n) is 6.68. The fraction of sp³-hybridized carbons (Fsp3) is 0.182. The first-order valence-electron chi connectivity index (χ1n) is 9.18.